The molecule has 3 heterocycles. The average molecular weight is 511 g/mol. The normalized spacial score (nSPS) is 13.9. The van der Waals surface area contributed by atoms with Crippen molar-refractivity contribution in [1.82, 2.24) is 24.6 Å². The fourth-order valence-corrected chi connectivity index (χ4v) is 5.13. The third-order valence-corrected chi connectivity index (χ3v) is 7.37. The summed E-state index contributed by atoms with van der Waals surface area (Å²) in [6, 6.07) is 18.3. The zero-order chi connectivity index (χ0) is 26.5. The molecule has 0 radical (unpaired) electrons. The van der Waals surface area contributed by atoms with Gasteiger partial charge in [0.2, 0.25) is 0 Å². The summed E-state index contributed by atoms with van der Waals surface area (Å²) < 4.78 is 1.94. The van der Waals surface area contributed by atoms with Crippen molar-refractivity contribution in [2.75, 3.05) is 31.1 Å². The van der Waals surface area contributed by atoms with Crippen molar-refractivity contribution in [3.05, 3.63) is 77.2 Å². The quantitative estimate of drug-likeness (QED) is 0.286. The molecule has 0 N–H and O–H groups in total. The van der Waals surface area contributed by atoms with Gasteiger partial charge in [-0.05, 0) is 56.0 Å². The number of nitrogens with zero attached hydrogens (tertiary/aromatic N) is 6. The highest BCUT2D eigenvalue weighted by Gasteiger charge is 2.27. The van der Waals surface area contributed by atoms with Crippen molar-refractivity contribution in [1.29, 1.82) is 0 Å². The third-order valence-electron chi connectivity index (χ3n) is 7.37. The third kappa shape index (κ3) is 5.42. The van der Waals surface area contributed by atoms with E-state index >= 15 is 0 Å². The van der Waals surface area contributed by atoms with E-state index in [2.05, 4.69) is 43.0 Å². The van der Waals surface area contributed by atoms with Crippen LogP contribution in [0.2, 0.25) is 0 Å². The number of fused-ring (bicyclic) bond motifs is 1. The van der Waals surface area contributed by atoms with Crippen LogP contribution in [0.25, 0.3) is 16.7 Å². The van der Waals surface area contributed by atoms with E-state index in [1.165, 1.54) is 18.4 Å². The molecule has 1 aliphatic heterocycles. The van der Waals surface area contributed by atoms with Crippen molar-refractivity contribution < 1.29 is 4.79 Å². The van der Waals surface area contributed by atoms with Gasteiger partial charge >= 0.3 is 0 Å². The molecular formula is C31H38N6O. The summed E-state index contributed by atoms with van der Waals surface area (Å²) >= 11 is 0. The lowest BCUT2D eigenvalue weighted by Gasteiger charge is -2.36. The van der Waals surface area contributed by atoms with Crippen LogP contribution in [0.4, 0.5) is 5.82 Å². The van der Waals surface area contributed by atoms with E-state index in [-0.39, 0.29) is 5.91 Å². The molecule has 0 spiro atoms. The fraction of sp³-hybridized carbons (Fsp3) is 0.419. The summed E-state index contributed by atoms with van der Waals surface area (Å²) in [7, 11) is 0. The minimum Gasteiger partial charge on any atom is -0.352 e. The monoisotopic (exact) mass is 510 g/mol. The van der Waals surface area contributed by atoms with E-state index in [0.717, 1.165) is 78.4 Å². The van der Waals surface area contributed by atoms with Gasteiger partial charge in [0, 0.05) is 38.2 Å². The molecule has 1 saturated heterocycles. The van der Waals surface area contributed by atoms with Crippen LogP contribution in [-0.2, 0) is 12.8 Å². The summed E-state index contributed by atoms with van der Waals surface area (Å²) in [6.07, 6.45) is 6.39. The second-order valence-electron chi connectivity index (χ2n) is 10.2. The topological polar surface area (TPSA) is 67.2 Å². The molecule has 2 aromatic heterocycles. The molecule has 7 nitrogen and oxygen atoms in total. The number of benzene rings is 2. The highest BCUT2D eigenvalue weighted by atomic mass is 16.2. The second kappa shape index (κ2) is 11.8. The predicted octanol–water partition coefficient (Wildman–Crippen LogP) is 5.77. The van der Waals surface area contributed by atoms with Crippen LogP contribution in [0.5, 0.6) is 0 Å². The van der Waals surface area contributed by atoms with E-state index in [0.29, 0.717) is 13.1 Å². The standard InChI is InChI=1S/C31H38N6O/c1-4-6-11-24-15-17-25(18-16-24)31(38)36-21-19-35(20-22-36)29-28-23(3)34-37(26-12-9-8-10-13-26)30(28)33-27(32-29)14-7-5-2/h8-10,12-13,15-18H,4-7,11,14,19-22H2,1-3H3. The Morgan fingerprint density at radius 1 is 0.842 bits per heavy atom. The number of hydrogen-bond acceptors (Lipinski definition) is 5. The van der Waals surface area contributed by atoms with Gasteiger partial charge in [-0.25, -0.2) is 14.6 Å². The minimum atomic E-state index is 0.108. The maximum absolute atomic E-state index is 13.2. The maximum Gasteiger partial charge on any atom is 0.253 e. The van der Waals surface area contributed by atoms with E-state index < -0.39 is 0 Å². The van der Waals surface area contributed by atoms with Gasteiger partial charge < -0.3 is 9.80 Å². The molecular weight excluding hydrogens is 472 g/mol. The molecule has 1 fully saturated rings. The van der Waals surface area contributed by atoms with E-state index in [9.17, 15) is 4.79 Å². The summed E-state index contributed by atoms with van der Waals surface area (Å²) in [6.45, 7) is 9.21. The number of carbonyl (C=O) groups is 1. The van der Waals surface area contributed by atoms with Gasteiger partial charge in [-0.3, -0.25) is 4.79 Å². The lowest BCUT2D eigenvalue weighted by Crippen LogP contribution is -2.49. The molecule has 38 heavy (non-hydrogen) atoms. The summed E-state index contributed by atoms with van der Waals surface area (Å²) in [5, 5.41) is 5.87. The Balaban J connectivity index is 1.38. The van der Waals surface area contributed by atoms with Crippen LogP contribution in [0.1, 0.15) is 67.0 Å². The van der Waals surface area contributed by atoms with Crippen LogP contribution in [-0.4, -0.2) is 56.7 Å². The Bertz CT molecular complexity index is 1370. The highest BCUT2D eigenvalue weighted by Crippen LogP contribution is 2.30. The molecule has 4 aromatic rings. The van der Waals surface area contributed by atoms with Gasteiger partial charge in [0.05, 0.1) is 16.8 Å². The Morgan fingerprint density at radius 3 is 2.21 bits per heavy atom. The summed E-state index contributed by atoms with van der Waals surface area (Å²) in [4.78, 5) is 27.5. The van der Waals surface area contributed by atoms with Crippen LogP contribution < -0.4 is 4.90 Å². The summed E-state index contributed by atoms with van der Waals surface area (Å²) in [5.74, 6) is 1.90. The number of aromatic nitrogens is 4. The van der Waals surface area contributed by atoms with Crippen molar-refractivity contribution in [2.45, 2.75) is 59.3 Å². The average Bonchev–Trinajstić information content (AvgIpc) is 3.31. The largest absolute Gasteiger partial charge is 0.352 e. The molecule has 0 bridgehead atoms. The fourth-order valence-electron chi connectivity index (χ4n) is 5.13. The zero-order valence-electron chi connectivity index (χ0n) is 22.9. The van der Waals surface area contributed by atoms with Gasteiger partial charge in [0.15, 0.2) is 5.65 Å². The first-order valence-electron chi connectivity index (χ1n) is 14.0. The SMILES string of the molecule is CCCCc1ccc(C(=O)N2CCN(c3nc(CCCC)nc4c3c(C)nn4-c3ccccc3)CC2)cc1. The van der Waals surface area contributed by atoms with Crippen LogP contribution in [0.3, 0.4) is 0 Å². The molecule has 0 unspecified atom stereocenters. The molecule has 0 aliphatic carbocycles. The molecule has 2 aromatic carbocycles. The number of rotatable bonds is 9. The smallest absolute Gasteiger partial charge is 0.253 e. The van der Waals surface area contributed by atoms with Crippen LogP contribution in [0.15, 0.2) is 54.6 Å². The molecule has 7 heteroatoms. The van der Waals surface area contributed by atoms with Crippen molar-refractivity contribution in [3.8, 4) is 5.69 Å². The molecule has 0 saturated carbocycles. The van der Waals surface area contributed by atoms with Crippen molar-refractivity contribution in [3.63, 3.8) is 0 Å². The minimum absolute atomic E-state index is 0.108. The van der Waals surface area contributed by atoms with Gasteiger partial charge in [0.25, 0.3) is 5.91 Å². The van der Waals surface area contributed by atoms with Gasteiger partial charge in [0.1, 0.15) is 11.6 Å². The highest BCUT2D eigenvalue weighted by molar-refractivity contribution is 5.95. The first-order chi connectivity index (χ1) is 18.6. The number of amides is 1. The first-order valence-corrected chi connectivity index (χ1v) is 14.0. The van der Waals surface area contributed by atoms with E-state index in [1.54, 1.807) is 0 Å². The number of unbranched alkanes of at least 4 members (excludes halogenated alkanes) is 2. The Kier molecular flexibility index (Phi) is 8.01. The molecule has 1 aliphatic rings. The van der Waals surface area contributed by atoms with E-state index in [4.69, 9.17) is 15.1 Å². The first kappa shape index (κ1) is 25.9. The predicted molar refractivity (Wildman–Crippen MR) is 153 cm³/mol. The Hall–Kier alpha value is -3.74. The Labute approximate surface area is 225 Å². The van der Waals surface area contributed by atoms with Gasteiger partial charge in [-0.1, -0.05) is 57.0 Å². The van der Waals surface area contributed by atoms with E-state index in [1.807, 2.05) is 46.8 Å². The number of para-hydroxylation sites is 1. The maximum atomic E-state index is 13.2. The molecule has 0 atom stereocenters. The van der Waals surface area contributed by atoms with Gasteiger partial charge in [-0.15, -0.1) is 0 Å². The lowest BCUT2D eigenvalue weighted by molar-refractivity contribution is 0.0746. The molecule has 5 rings (SSSR count). The van der Waals surface area contributed by atoms with Crippen LogP contribution in [0, 0.1) is 6.92 Å². The number of anilines is 1. The summed E-state index contributed by atoms with van der Waals surface area (Å²) in [5.41, 5.74) is 4.83. The Morgan fingerprint density at radius 2 is 1.53 bits per heavy atom. The zero-order valence-corrected chi connectivity index (χ0v) is 22.9. The van der Waals surface area contributed by atoms with Gasteiger partial charge in [-0.2, -0.15) is 5.10 Å². The van der Waals surface area contributed by atoms with Crippen LogP contribution >= 0.6 is 0 Å². The number of carbonyl (C=O) groups excluding carboxylic acids is 1. The second-order valence-corrected chi connectivity index (χ2v) is 10.2. The number of aryl methyl sites for hydroxylation is 3. The van der Waals surface area contributed by atoms with Crippen molar-refractivity contribution >= 4 is 22.8 Å². The molecule has 1 amide bonds. The van der Waals surface area contributed by atoms with Crippen molar-refractivity contribution in [2.24, 2.45) is 0 Å². The number of piperazine rings is 1. The lowest BCUT2D eigenvalue weighted by atomic mass is 10.1. The number of hydrogen-bond donors (Lipinski definition) is 0. The molecule has 198 valence electrons.